The first-order chi connectivity index (χ1) is 16.2. The number of rotatable bonds is 7. The predicted molar refractivity (Wildman–Crippen MR) is 129 cm³/mol. The van der Waals surface area contributed by atoms with Crippen molar-refractivity contribution in [3.05, 3.63) is 78.1 Å². The minimum absolute atomic E-state index is 0.0762. The van der Waals surface area contributed by atoms with Crippen molar-refractivity contribution in [1.29, 1.82) is 0 Å². The van der Waals surface area contributed by atoms with Crippen LogP contribution in [0.25, 0.3) is 17.1 Å². The van der Waals surface area contributed by atoms with E-state index in [1.165, 1.54) is 29.3 Å². The summed E-state index contributed by atoms with van der Waals surface area (Å²) in [5.41, 5.74) is 5.34. The maximum absolute atomic E-state index is 12.7. The molecule has 2 aromatic heterocycles. The number of aromatic nitrogens is 4. The zero-order chi connectivity index (χ0) is 22.6. The Morgan fingerprint density at radius 3 is 2.61 bits per heavy atom. The summed E-state index contributed by atoms with van der Waals surface area (Å²) >= 11 is 1.35. The van der Waals surface area contributed by atoms with Gasteiger partial charge in [-0.1, -0.05) is 17.8 Å². The number of nitrogens with zero attached hydrogens (tertiary/aromatic N) is 4. The molecule has 2 heterocycles. The van der Waals surface area contributed by atoms with Crippen LogP contribution < -0.4 is 10.1 Å². The lowest BCUT2D eigenvalue weighted by Gasteiger charge is -2.11. The van der Waals surface area contributed by atoms with Crippen LogP contribution >= 0.6 is 11.8 Å². The Labute approximate surface area is 196 Å². The van der Waals surface area contributed by atoms with Crippen molar-refractivity contribution in [2.24, 2.45) is 0 Å². The molecule has 0 aliphatic heterocycles. The van der Waals surface area contributed by atoms with E-state index in [-0.39, 0.29) is 11.7 Å². The Balaban J connectivity index is 1.37. The number of hydrogen-bond donors (Lipinski definition) is 1. The fraction of sp³-hybridized carbons (Fsp3) is 0.200. The van der Waals surface area contributed by atoms with Crippen LogP contribution in [-0.4, -0.2) is 38.5 Å². The number of benzene rings is 2. The number of thioether (sulfide) groups is 1. The molecule has 2 aromatic carbocycles. The van der Waals surface area contributed by atoms with Gasteiger partial charge in [-0.15, -0.1) is 10.2 Å². The van der Waals surface area contributed by atoms with E-state index in [9.17, 15) is 4.79 Å². The molecule has 8 heteroatoms. The molecule has 7 nitrogen and oxygen atoms in total. The Morgan fingerprint density at radius 1 is 1.03 bits per heavy atom. The topological polar surface area (TPSA) is 81.9 Å². The van der Waals surface area contributed by atoms with Gasteiger partial charge < -0.3 is 10.1 Å². The summed E-state index contributed by atoms with van der Waals surface area (Å²) in [6, 6.07) is 17.6. The third kappa shape index (κ3) is 4.61. The second kappa shape index (κ2) is 9.46. The van der Waals surface area contributed by atoms with Crippen LogP contribution in [0.15, 0.2) is 72.1 Å². The molecule has 0 atom stereocenters. The van der Waals surface area contributed by atoms with Gasteiger partial charge in [0.25, 0.3) is 0 Å². The lowest BCUT2D eigenvalue weighted by atomic mass is 10.1. The molecular weight excluding hydrogens is 434 g/mol. The van der Waals surface area contributed by atoms with Gasteiger partial charge in [0, 0.05) is 29.3 Å². The van der Waals surface area contributed by atoms with E-state index in [1.54, 1.807) is 19.5 Å². The minimum Gasteiger partial charge on any atom is -0.497 e. The molecule has 0 fully saturated rings. The van der Waals surface area contributed by atoms with E-state index in [0.717, 1.165) is 35.5 Å². The molecule has 33 heavy (non-hydrogen) atoms. The van der Waals surface area contributed by atoms with Crippen molar-refractivity contribution in [2.75, 3.05) is 18.2 Å². The molecule has 0 saturated carbocycles. The first-order valence-corrected chi connectivity index (χ1v) is 11.7. The monoisotopic (exact) mass is 457 g/mol. The van der Waals surface area contributed by atoms with E-state index in [0.29, 0.717) is 11.0 Å². The predicted octanol–water partition coefficient (Wildman–Crippen LogP) is 4.56. The van der Waals surface area contributed by atoms with Crippen molar-refractivity contribution in [1.82, 2.24) is 19.7 Å². The Morgan fingerprint density at radius 2 is 1.82 bits per heavy atom. The summed E-state index contributed by atoms with van der Waals surface area (Å²) in [7, 11) is 1.64. The zero-order valence-electron chi connectivity index (χ0n) is 18.2. The minimum atomic E-state index is -0.0762. The van der Waals surface area contributed by atoms with Crippen molar-refractivity contribution in [2.45, 2.75) is 24.4 Å². The van der Waals surface area contributed by atoms with Gasteiger partial charge in [-0.2, -0.15) is 0 Å². The highest BCUT2D eigenvalue weighted by atomic mass is 32.2. The maximum atomic E-state index is 12.7. The van der Waals surface area contributed by atoms with E-state index in [4.69, 9.17) is 4.74 Å². The molecule has 1 amide bonds. The van der Waals surface area contributed by atoms with E-state index in [1.807, 2.05) is 47.0 Å². The van der Waals surface area contributed by atoms with E-state index in [2.05, 4.69) is 32.6 Å². The van der Waals surface area contributed by atoms with Gasteiger partial charge in [0.15, 0.2) is 11.0 Å². The normalized spacial score (nSPS) is 12.4. The molecule has 4 aromatic rings. The average Bonchev–Trinajstić information content (AvgIpc) is 3.50. The Kier molecular flexibility index (Phi) is 6.08. The largest absolute Gasteiger partial charge is 0.497 e. The van der Waals surface area contributed by atoms with Crippen molar-refractivity contribution < 1.29 is 9.53 Å². The number of nitrogens with one attached hydrogen (secondary N) is 1. The van der Waals surface area contributed by atoms with Gasteiger partial charge in [-0.05, 0) is 78.9 Å². The summed E-state index contributed by atoms with van der Waals surface area (Å²) in [5.74, 6) is 1.60. The number of carbonyl (C=O) groups excluding carboxylic acids is 1. The van der Waals surface area contributed by atoms with Gasteiger partial charge in [0.05, 0.1) is 12.9 Å². The fourth-order valence-corrected chi connectivity index (χ4v) is 4.74. The zero-order valence-corrected chi connectivity index (χ0v) is 19.0. The van der Waals surface area contributed by atoms with Crippen LogP contribution in [0.4, 0.5) is 5.69 Å². The number of methoxy groups -OCH3 is 1. The first-order valence-electron chi connectivity index (χ1n) is 10.8. The van der Waals surface area contributed by atoms with Crippen LogP contribution in [0.2, 0.25) is 0 Å². The molecule has 0 bridgehead atoms. The molecule has 1 N–H and O–H groups in total. The molecule has 1 aliphatic rings. The van der Waals surface area contributed by atoms with E-state index < -0.39 is 0 Å². The van der Waals surface area contributed by atoms with Crippen LogP contribution in [0.1, 0.15) is 17.5 Å². The second-order valence-corrected chi connectivity index (χ2v) is 8.69. The van der Waals surface area contributed by atoms with Gasteiger partial charge in [-0.25, -0.2) is 0 Å². The fourth-order valence-electron chi connectivity index (χ4n) is 3.99. The third-order valence-electron chi connectivity index (χ3n) is 5.62. The number of amides is 1. The number of carbonyl (C=O) groups is 1. The number of aryl methyl sites for hydroxylation is 2. The van der Waals surface area contributed by atoms with Crippen LogP contribution in [0, 0.1) is 0 Å². The molecule has 0 unspecified atom stereocenters. The standard InChI is InChI=1S/C25H23N5O2S/c1-32-22-9-7-21(8-10-22)30-24(18-11-13-26-14-12-18)28-29-25(30)33-16-23(31)27-20-6-5-17-3-2-4-19(17)15-20/h5-15H,2-4,16H2,1H3,(H,27,31). The highest BCUT2D eigenvalue weighted by Gasteiger charge is 2.18. The summed E-state index contributed by atoms with van der Waals surface area (Å²) in [4.78, 5) is 16.8. The van der Waals surface area contributed by atoms with Gasteiger partial charge in [-0.3, -0.25) is 14.3 Å². The summed E-state index contributed by atoms with van der Waals surface area (Å²) in [5, 5.41) is 12.4. The third-order valence-corrected chi connectivity index (χ3v) is 6.55. The molecule has 166 valence electrons. The summed E-state index contributed by atoms with van der Waals surface area (Å²) < 4.78 is 7.23. The highest BCUT2D eigenvalue weighted by molar-refractivity contribution is 7.99. The number of pyridine rings is 1. The van der Waals surface area contributed by atoms with Crippen LogP contribution in [0.5, 0.6) is 5.75 Å². The molecular formula is C25H23N5O2S. The summed E-state index contributed by atoms with van der Waals surface area (Å²) in [6.45, 7) is 0. The van der Waals surface area contributed by atoms with Crippen molar-refractivity contribution in [3.8, 4) is 22.8 Å². The number of fused-ring (bicyclic) bond motifs is 1. The average molecular weight is 458 g/mol. The smallest absolute Gasteiger partial charge is 0.234 e. The van der Waals surface area contributed by atoms with Gasteiger partial charge in [0.1, 0.15) is 5.75 Å². The van der Waals surface area contributed by atoms with E-state index >= 15 is 0 Å². The maximum Gasteiger partial charge on any atom is 0.234 e. The number of hydrogen-bond acceptors (Lipinski definition) is 6. The SMILES string of the molecule is COc1ccc(-n2c(SCC(=O)Nc3ccc4c(c3)CCC4)nnc2-c2ccncc2)cc1. The van der Waals surface area contributed by atoms with Crippen LogP contribution in [-0.2, 0) is 17.6 Å². The highest BCUT2D eigenvalue weighted by Crippen LogP contribution is 2.29. The molecule has 0 radical (unpaired) electrons. The van der Waals surface area contributed by atoms with Crippen LogP contribution in [0.3, 0.4) is 0 Å². The Hall–Kier alpha value is -3.65. The molecule has 0 saturated heterocycles. The molecule has 1 aliphatic carbocycles. The quantitative estimate of drug-likeness (QED) is 0.410. The lowest BCUT2D eigenvalue weighted by Crippen LogP contribution is -2.14. The molecule has 5 rings (SSSR count). The molecule has 0 spiro atoms. The number of anilines is 1. The number of ether oxygens (including phenoxy) is 1. The first kappa shape index (κ1) is 21.2. The van der Waals surface area contributed by atoms with Gasteiger partial charge in [0.2, 0.25) is 5.91 Å². The summed E-state index contributed by atoms with van der Waals surface area (Å²) in [6.07, 6.45) is 6.83. The van der Waals surface area contributed by atoms with Crippen molar-refractivity contribution >= 4 is 23.4 Å². The van der Waals surface area contributed by atoms with Gasteiger partial charge >= 0.3 is 0 Å². The second-order valence-electron chi connectivity index (χ2n) is 7.75. The Bertz CT molecular complexity index is 1270. The van der Waals surface area contributed by atoms with Crippen molar-refractivity contribution in [3.63, 3.8) is 0 Å². The lowest BCUT2D eigenvalue weighted by molar-refractivity contribution is -0.113.